The molecule has 142 valence electrons. The van der Waals surface area contributed by atoms with Gasteiger partial charge in [-0.3, -0.25) is 0 Å². The van der Waals surface area contributed by atoms with E-state index in [4.69, 9.17) is 16.3 Å². The molecule has 0 saturated heterocycles. The maximum atomic E-state index is 12.0. The van der Waals surface area contributed by atoms with Crippen LogP contribution < -0.4 is 4.74 Å². The first kappa shape index (κ1) is 20.1. The SMILES string of the molecule is Cc1ccc(/C=C/C(=O)Oc2ccc(/C=C(/C#N)c3cccc(Cl)c3)cc2)cc1. The molecule has 0 N–H and O–H groups in total. The zero-order chi connectivity index (χ0) is 20.6. The van der Waals surface area contributed by atoms with E-state index in [1.807, 2.05) is 37.3 Å². The highest BCUT2D eigenvalue weighted by molar-refractivity contribution is 6.30. The number of aryl methyl sites for hydroxylation is 1. The van der Waals surface area contributed by atoms with Crippen LogP contribution in [0.2, 0.25) is 5.02 Å². The first-order valence-corrected chi connectivity index (χ1v) is 9.36. The molecule has 0 atom stereocenters. The molecule has 29 heavy (non-hydrogen) atoms. The molecule has 0 spiro atoms. The first-order valence-electron chi connectivity index (χ1n) is 8.98. The monoisotopic (exact) mass is 399 g/mol. The molecule has 4 heteroatoms. The molecule has 3 nitrogen and oxygen atoms in total. The summed E-state index contributed by atoms with van der Waals surface area (Å²) >= 11 is 6.00. The Morgan fingerprint density at radius 2 is 1.69 bits per heavy atom. The highest BCUT2D eigenvalue weighted by atomic mass is 35.5. The van der Waals surface area contributed by atoms with Crippen molar-refractivity contribution in [3.8, 4) is 11.8 Å². The Labute approximate surface area is 175 Å². The molecule has 0 radical (unpaired) electrons. The summed E-state index contributed by atoms with van der Waals surface area (Å²) in [7, 11) is 0. The molecule has 0 aliphatic rings. The molecule has 0 aliphatic carbocycles. The smallest absolute Gasteiger partial charge is 0.336 e. The lowest BCUT2D eigenvalue weighted by Gasteiger charge is -2.03. The molecular formula is C25H18ClNO2. The number of nitrogens with zero attached hydrogens (tertiary/aromatic N) is 1. The fourth-order valence-electron chi connectivity index (χ4n) is 2.63. The lowest BCUT2D eigenvalue weighted by Crippen LogP contribution is -2.03. The van der Waals surface area contributed by atoms with E-state index >= 15 is 0 Å². The Bertz CT molecular complexity index is 1100. The van der Waals surface area contributed by atoms with Gasteiger partial charge in [-0.2, -0.15) is 5.26 Å². The molecular weight excluding hydrogens is 382 g/mol. The van der Waals surface area contributed by atoms with Gasteiger partial charge in [-0.25, -0.2) is 4.79 Å². The molecule has 0 saturated carbocycles. The van der Waals surface area contributed by atoms with Crippen LogP contribution in [0.25, 0.3) is 17.7 Å². The maximum absolute atomic E-state index is 12.0. The van der Waals surface area contributed by atoms with Gasteiger partial charge >= 0.3 is 5.97 Å². The molecule has 0 unspecified atom stereocenters. The van der Waals surface area contributed by atoms with Crippen molar-refractivity contribution in [3.05, 3.63) is 106 Å². The second kappa shape index (κ2) is 9.54. The third-order valence-corrected chi connectivity index (χ3v) is 4.39. The van der Waals surface area contributed by atoms with Crippen molar-refractivity contribution in [2.75, 3.05) is 0 Å². The Kier molecular flexibility index (Phi) is 6.63. The van der Waals surface area contributed by atoms with Gasteiger partial charge in [0.15, 0.2) is 0 Å². The number of halogens is 1. The summed E-state index contributed by atoms with van der Waals surface area (Å²) in [6.07, 6.45) is 4.86. The molecule has 3 aromatic carbocycles. The van der Waals surface area contributed by atoms with Gasteiger partial charge in [0.25, 0.3) is 0 Å². The van der Waals surface area contributed by atoms with E-state index in [0.29, 0.717) is 16.3 Å². The number of nitriles is 1. The van der Waals surface area contributed by atoms with E-state index in [1.165, 1.54) is 6.08 Å². The topological polar surface area (TPSA) is 50.1 Å². The van der Waals surface area contributed by atoms with Gasteiger partial charge in [0.05, 0.1) is 11.6 Å². The third-order valence-electron chi connectivity index (χ3n) is 4.15. The van der Waals surface area contributed by atoms with Crippen molar-refractivity contribution >= 4 is 35.3 Å². The molecule has 0 amide bonds. The van der Waals surface area contributed by atoms with Crippen LogP contribution in [-0.2, 0) is 4.79 Å². The predicted octanol–water partition coefficient (Wildman–Crippen LogP) is 6.33. The Morgan fingerprint density at radius 3 is 2.34 bits per heavy atom. The molecule has 0 aromatic heterocycles. The predicted molar refractivity (Wildman–Crippen MR) is 117 cm³/mol. The van der Waals surface area contributed by atoms with E-state index in [2.05, 4.69) is 6.07 Å². The lowest BCUT2D eigenvalue weighted by molar-refractivity contribution is -0.128. The summed E-state index contributed by atoms with van der Waals surface area (Å²) in [4.78, 5) is 12.0. The van der Waals surface area contributed by atoms with Gasteiger partial charge in [0.2, 0.25) is 0 Å². The molecule has 0 bridgehead atoms. The van der Waals surface area contributed by atoms with Crippen molar-refractivity contribution in [1.29, 1.82) is 5.26 Å². The van der Waals surface area contributed by atoms with Crippen LogP contribution in [0.3, 0.4) is 0 Å². The highest BCUT2D eigenvalue weighted by Crippen LogP contribution is 2.22. The van der Waals surface area contributed by atoms with Crippen LogP contribution in [0.1, 0.15) is 22.3 Å². The van der Waals surface area contributed by atoms with Crippen molar-refractivity contribution in [2.24, 2.45) is 0 Å². The summed E-state index contributed by atoms with van der Waals surface area (Å²) in [6.45, 7) is 2.01. The summed E-state index contributed by atoms with van der Waals surface area (Å²) < 4.78 is 5.32. The van der Waals surface area contributed by atoms with Crippen molar-refractivity contribution < 1.29 is 9.53 Å². The number of hydrogen-bond donors (Lipinski definition) is 0. The van der Waals surface area contributed by atoms with E-state index in [1.54, 1.807) is 54.6 Å². The van der Waals surface area contributed by atoms with Crippen LogP contribution in [0.4, 0.5) is 0 Å². The van der Waals surface area contributed by atoms with Crippen molar-refractivity contribution in [2.45, 2.75) is 6.92 Å². The Hall–Kier alpha value is -3.61. The lowest BCUT2D eigenvalue weighted by atomic mass is 10.0. The van der Waals surface area contributed by atoms with Gasteiger partial charge in [-0.1, -0.05) is 65.7 Å². The van der Waals surface area contributed by atoms with Gasteiger partial charge in [0.1, 0.15) is 5.75 Å². The zero-order valence-electron chi connectivity index (χ0n) is 15.8. The first-order chi connectivity index (χ1) is 14.0. The van der Waals surface area contributed by atoms with Crippen LogP contribution in [0.5, 0.6) is 5.75 Å². The minimum Gasteiger partial charge on any atom is -0.423 e. The van der Waals surface area contributed by atoms with Crippen LogP contribution in [-0.4, -0.2) is 5.97 Å². The average Bonchev–Trinajstić information content (AvgIpc) is 2.73. The van der Waals surface area contributed by atoms with Gasteiger partial charge in [-0.15, -0.1) is 0 Å². The number of carbonyl (C=O) groups excluding carboxylic acids is 1. The van der Waals surface area contributed by atoms with Crippen LogP contribution in [0, 0.1) is 18.3 Å². The molecule has 0 heterocycles. The minimum absolute atomic E-state index is 0.432. The Morgan fingerprint density at radius 1 is 1.00 bits per heavy atom. The second-order valence-corrected chi connectivity index (χ2v) is 6.85. The number of allylic oxidation sites excluding steroid dienone is 1. The quantitative estimate of drug-likeness (QED) is 0.165. The van der Waals surface area contributed by atoms with E-state index < -0.39 is 5.97 Å². The van der Waals surface area contributed by atoms with E-state index in [9.17, 15) is 10.1 Å². The van der Waals surface area contributed by atoms with Gasteiger partial charge in [0, 0.05) is 11.1 Å². The largest absolute Gasteiger partial charge is 0.423 e. The van der Waals surface area contributed by atoms with Gasteiger partial charge < -0.3 is 4.74 Å². The second-order valence-electron chi connectivity index (χ2n) is 6.41. The summed E-state index contributed by atoms with van der Waals surface area (Å²) in [5.74, 6) is -0.0209. The Balaban J connectivity index is 1.67. The molecule has 3 rings (SSSR count). The third kappa shape index (κ3) is 5.93. The number of rotatable bonds is 5. The summed E-state index contributed by atoms with van der Waals surface area (Å²) in [5.41, 5.74) is 4.15. The van der Waals surface area contributed by atoms with Crippen molar-refractivity contribution in [1.82, 2.24) is 0 Å². The zero-order valence-corrected chi connectivity index (χ0v) is 16.6. The average molecular weight is 400 g/mol. The summed E-state index contributed by atoms with van der Waals surface area (Å²) in [5, 5.41) is 10.0. The maximum Gasteiger partial charge on any atom is 0.336 e. The number of esters is 1. The van der Waals surface area contributed by atoms with Gasteiger partial charge in [-0.05, 0) is 60.0 Å². The van der Waals surface area contributed by atoms with Crippen LogP contribution >= 0.6 is 11.6 Å². The number of carbonyl (C=O) groups is 1. The molecule has 0 aliphatic heterocycles. The number of ether oxygens (including phenoxy) is 1. The highest BCUT2D eigenvalue weighted by Gasteiger charge is 2.04. The summed E-state index contributed by atoms with van der Waals surface area (Å²) in [6, 6.07) is 24.1. The standard InChI is InChI=1S/C25H18ClNO2/c1-18-5-7-19(8-6-18)11-14-25(28)29-24-12-9-20(10-13-24)15-22(17-27)21-3-2-4-23(26)16-21/h2-16H,1H3/b14-11+,22-15-. The number of hydrogen-bond acceptors (Lipinski definition) is 3. The molecule has 3 aromatic rings. The van der Waals surface area contributed by atoms with Crippen LogP contribution in [0.15, 0.2) is 78.9 Å². The van der Waals surface area contributed by atoms with Crippen molar-refractivity contribution in [3.63, 3.8) is 0 Å². The van der Waals surface area contributed by atoms with E-state index in [0.717, 1.165) is 22.3 Å². The number of benzene rings is 3. The minimum atomic E-state index is -0.453. The normalized spacial score (nSPS) is 11.3. The van der Waals surface area contributed by atoms with E-state index in [-0.39, 0.29) is 0 Å². The fourth-order valence-corrected chi connectivity index (χ4v) is 2.82. The fraction of sp³-hybridized carbons (Fsp3) is 0.0400. The molecule has 0 fully saturated rings.